The van der Waals surface area contributed by atoms with E-state index in [0.29, 0.717) is 0 Å². The van der Waals surface area contributed by atoms with E-state index in [2.05, 4.69) is 10.2 Å². The van der Waals surface area contributed by atoms with Crippen LogP contribution in [0.2, 0.25) is 0 Å². The fourth-order valence-corrected chi connectivity index (χ4v) is 2.13. The molecule has 1 unspecified atom stereocenters. The molecule has 0 aliphatic carbocycles. The van der Waals surface area contributed by atoms with Gasteiger partial charge in [-0.15, -0.1) is 0 Å². The second-order valence-corrected chi connectivity index (χ2v) is 5.32. The molecule has 0 spiro atoms. The number of likely N-dealkylation sites (tertiary alicyclic amines) is 1. The van der Waals surface area contributed by atoms with Crippen LogP contribution in [0, 0.1) is 5.92 Å². The van der Waals surface area contributed by atoms with Crippen LogP contribution in [0.15, 0.2) is 0 Å². The van der Waals surface area contributed by atoms with Crippen molar-refractivity contribution in [2.45, 2.75) is 52.2 Å². The fraction of sp³-hybridized carbons (Fsp3) is 0.923. The monoisotopic (exact) mass is 242 g/mol. The van der Waals surface area contributed by atoms with Gasteiger partial charge in [0.25, 0.3) is 0 Å². The Balaban J connectivity index is 2.36. The number of piperidine rings is 1. The Morgan fingerprint density at radius 3 is 2.82 bits per heavy atom. The number of aliphatic hydroxyl groups is 1. The Bertz CT molecular complexity index is 244. The maximum Gasteiger partial charge on any atom is 0.222 e. The lowest BCUT2D eigenvalue weighted by Gasteiger charge is -2.34. The molecule has 17 heavy (non-hydrogen) atoms. The van der Waals surface area contributed by atoms with Gasteiger partial charge in [0.1, 0.15) is 0 Å². The molecule has 100 valence electrons. The summed E-state index contributed by atoms with van der Waals surface area (Å²) in [6.45, 7) is 8.45. The van der Waals surface area contributed by atoms with Crippen LogP contribution in [0.3, 0.4) is 0 Å². The summed E-state index contributed by atoms with van der Waals surface area (Å²) in [5.74, 6) is 0.180. The highest BCUT2D eigenvalue weighted by molar-refractivity contribution is 5.78. The molecule has 4 nitrogen and oxygen atoms in total. The summed E-state index contributed by atoms with van der Waals surface area (Å²) in [7, 11) is 0. The molecule has 1 rings (SSSR count). The molecule has 1 fully saturated rings. The first kappa shape index (κ1) is 14.5. The highest BCUT2D eigenvalue weighted by Gasteiger charge is 2.23. The summed E-state index contributed by atoms with van der Waals surface area (Å²) >= 11 is 0. The lowest BCUT2D eigenvalue weighted by Crippen LogP contribution is -2.50. The van der Waals surface area contributed by atoms with E-state index in [1.807, 2.05) is 20.8 Å². The maximum atomic E-state index is 11.6. The van der Waals surface area contributed by atoms with Gasteiger partial charge in [0.15, 0.2) is 0 Å². The molecule has 2 atom stereocenters. The Morgan fingerprint density at radius 1 is 1.53 bits per heavy atom. The van der Waals surface area contributed by atoms with Gasteiger partial charge in [-0.3, -0.25) is 9.69 Å². The summed E-state index contributed by atoms with van der Waals surface area (Å²) in [5, 5.41) is 12.7. The first-order valence-corrected chi connectivity index (χ1v) is 6.73. The van der Waals surface area contributed by atoms with E-state index in [4.69, 9.17) is 0 Å². The summed E-state index contributed by atoms with van der Waals surface area (Å²) < 4.78 is 0. The number of carbonyl (C=O) groups excluding carboxylic acids is 1. The van der Waals surface area contributed by atoms with Crippen LogP contribution in [-0.4, -0.2) is 47.7 Å². The third kappa shape index (κ3) is 5.04. The number of rotatable bonds is 5. The predicted molar refractivity (Wildman–Crippen MR) is 68.7 cm³/mol. The zero-order valence-corrected chi connectivity index (χ0v) is 11.3. The molecule has 0 aromatic rings. The summed E-state index contributed by atoms with van der Waals surface area (Å²) in [6.07, 6.45) is 2.70. The average molecular weight is 242 g/mol. The SMILES string of the molecule is CC[C@H](O)CN1CCCC(NC(=O)C(C)C)C1. The van der Waals surface area contributed by atoms with E-state index < -0.39 is 0 Å². The van der Waals surface area contributed by atoms with Crippen molar-refractivity contribution in [3.63, 3.8) is 0 Å². The Morgan fingerprint density at radius 2 is 2.24 bits per heavy atom. The number of carbonyl (C=O) groups is 1. The van der Waals surface area contributed by atoms with E-state index in [1.54, 1.807) is 0 Å². The molecule has 0 aromatic heterocycles. The smallest absolute Gasteiger partial charge is 0.222 e. The first-order chi connectivity index (χ1) is 8.02. The Hall–Kier alpha value is -0.610. The normalized spacial score (nSPS) is 23.7. The van der Waals surface area contributed by atoms with Gasteiger partial charge >= 0.3 is 0 Å². The fourth-order valence-electron chi connectivity index (χ4n) is 2.13. The van der Waals surface area contributed by atoms with Crippen molar-refractivity contribution in [2.75, 3.05) is 19.6 Å². The zero-order chi connectivity index (χ0) is 12.8. The van der Waals surface area contributed by atoms with Crippen LogP contribution < -0.4 is 5.32 Å². The van der Waals surface area contributed by atoms with Gasteiger partial charge in [0.05, 0.1) is 6.10 Å². The highest BCUT2D eigenvalue weighted by Crippen LogP contribution is 2.11. The van der Waals surface area contributed by atoms with Gasteiger partial charge in [0, 0.05) is 25.0 Å². The van der Waals surface area contributed by atoms with Crippen molar-refractivity contribution in [3.05, 3.63) is 0 Å². The minimum absolute atomic E-state index is 0.0478. The van der Waals surface area contributed by atoms with Gasteiger partial charge in [-0.1, -0.05) is 20.8 Å². The van der Waals surface area contributed by atoms with E-state index in [1.165, 1.54) is 0 Å². The Labute approximate surface area is 104 Å². The molecule has 1 saturated heterocycles. The van der Waals surface area contributed by atoms with E-state index in [-0.39, 0.29) is 24.0 Å². The van der Waals surface area contributed by atoms with E-state index in [9.17, 15) is 9.90 Å². The van der Waals surface area contributed by atoms with Crippen LogP contribution in [0.25, 0.3) is 0 Å². The van der Waals surface area contributed by atoms with Gasteiger partial charge in [-0.05, 0) is 25.8 Å². The lowest BCUT2D eigenvalue weighted by atomic mass is 10.0. The highest BCUT2D eigenvalue weighted by atomic mass is 16.3. The van der Waals surface area contributed by atoms with Crippen molar-refractivity contribution >= 4 is 5.91 Å². The average Bonchev–Trinajstić information content (AvgIpc) is 2.29. The van der Waals surface area contributed by atoms with Crippen molar-refractivity contribution < 1.29 is 9.90 Å². The lowest BCUT2D eigenvalue weighted by molar-refractivity contribution is -0.125. The van der Waals surface area contributed by atoms with Crippen molar-refractivity contribution in [1.82, 2.24) is 10.2 Å². The van der Waals surface area contributed by atoms with Gasteiger partial charge in [0.2, 0.25) is 5.91 Å². The van der Waals surface area contributed by atoms with Gasteiger partial charge in [-0.2, -0.15) is 0 Å². The number of β-amino-alcohol motifs (C(OH)–C–C–N with tert-alkyl or cyclic N) is 1. The molecule has 0 radical (unpaired) electrons. The van der Waals surface area contributed by atoms with Crippen LogP contribution in [0.5, 0.6) is 0 Å². The van der Waals surface area contributed by atoms with Gasteiger partial charge < -0.3 is 10.4 Å². The largest absolute Gasteiger partial charge is 0.392 e. The van der Waals surface area contributed by atoms with E-state index >= 15 is 0 Å². The van der Waals surface area contributed by atoms with Crippen LogP contribution in [0.1, 0.15) is 40.0 Å². The van der Waals surface area contributed by atoms with Crippen LogP contribution >= 0.6 is 0 Å². The quantitative estimate of drug-likeness (QED) is 0.756. The molecule has 0 saturated carbocycles. The van der Waals surface area contributed by atoms with Crippen molar-refractivity contribution in [1.29, 1.82) is 0 Å². The third-order valence-corrected chi connectivity index (χ3v) is 3.32. The molecular weight excluding hydrogens is 216 g/mol. The molecule has 2 N–H and O–H groups in total. The summed E-state index contributed by atoms with van der Waals surface area (Å²) in [4.78, 5) is 13.9. The topological polar surface area (TPSA) is 52.6 Å². The minimum atomic E-state index is -0.241. The van der Waals surface area contributed by atoms with E-state index in [0.717, 1.165) is 38.9 Å². The third-order valence-electron chi connectivity index (χ3n) is 3.32. The molecular formula is C13H26N2O2. The number of hydrogen-bond acceptors (Lipinski definition) is 3. The number of nitrogens with one attached hydrogen (secondary N) is 1. The predicted octanol–water partition coefficient (Wildman–Crippen LogP) is 0.994. The van der Waals surface area contributed by atoms with Crippen molar-refractivity contribution in [2.24, 2.45) is 5.92 Å². The van der Waals surface area contributed by atoms with Crippen molar-refractivity contribution in [3.8, 4) is 0 Å². The molecule has 1 amide bonds. The minimum Gasteiger partial charge on any atom is -0.392 e. The second-order valence-electron chi connectivity index (χ2n) is 5.32. The molecule has 0 bridgehead atoms. The van der Waals surface area contributed by atoms with Crippen LogP contribution in [0.4, 0.5) is 0 Å². The first-order valence-electron chi connectivity index (χ1n) is 6.73. The Kier molecular flexibility index (Phi) is 5.92. The molecule has 1 aliphatic rings. The number of hydrogen-bond donors (Lipinski definition) is 2. The standard InChI is InChI=1S/C13H26N2O2/c1-4-12(16)9-15-7-5-6-11(8-15)14-13(17)10(2)3/h10-12,16H,4-9H2,1-3H3,(H,14,17)/t11?,12-/m0/s1. The maximum absolute atomic E-state index is 11.6. The number of nitrogens with zero attached hydrogens (tertiary/aromatic N) is 1. The molecule has 4 heteroatoms. The summed E-state index contributed by atoms with van der Waals surface area (Å²) in [5.41, 5.74) is 0. The second kappa shape index (κ2) is 6.97. The number of amides is 1. The van der Waals surface area contributed by atoms with Crippen LogP contribution in [-0.2, 0) is 4.79 Å². The molecule has 1 aliphatic heterocycles. The molecule has 0 aromatic carbocycles. The molecule has 1 heterocycles. The summed E-state index contributed by atoms with van der Waals surface area (Å²) in [6, 6.07) is 0.253. The zero-order valence-electron chi connectivity index (χ0n) is 11.3. The van der Waals surface area contributed by atoms with Gasteiger partial charge in [-0.25, -0.2) is 0 Å². The number of aliphatic hydroxyl groups excluding tert-OH is 1.